The summed E-state index contributed by atoms with van der Waals surface area (Å²) in [6.45, 7) is 6.13. The molecule has 4 rings (SSSR count). The summed E-state index contributed by atoms with van der Waals surface area (Å²) in [5.41, 5.74) is 3.75. The maximum absolute atomic E-state index is 12.7. The number of hydrogen-bond acceptors (Lipinski definition) is 5. The summed E-state index contributed by atoms with van der Waals surface area (Å²) in [4.78, 5) is 38.7. The maximum atomic E-state index is 12.7. The van der Waals surface area contributed by atoms with Gasteiger partial charge in [0.25, 0.3) is 0 Å². The smallest absolute Gasteiger partial charge is 0.410 e. The fraction of sp³-hybridized carbons (Fsp3) is 0.444. The van der Waals surface area contributed by atoms with Gasteiger partial charge in [0, 0.05) is 24.9 Å². The molecule has 2 aromatic carbocycles. The van der Waals surface area contributed by atoms with Gasteiger partial charge in [-0.2, -0.15) is 0 Å². The van der Waals surface area contributed by atoms with Gasteiger partial charge < -0.3 is 24.8 Å². The Bertz CT molecular complexity index is 1060. The first kappa shape index (κ1) is 24.6. The highest BCUT2D eigenvalue weighted by molar-refractivity contribution is 5.81. The number of carboxylic acids is 1. The Balaban J connectivity index is 1.39. The SMILES string of the molecule is CC(C)(C)OC(=O)N1CCCC(C(NC(=O)OCC2c3ccccc3-c3ccccc32)C(=O)O)C1. The van der Waals surface area contributed by atoms with Crippen molar-refractivity contribution < 1.29 is 29.0 Å². The van der Waals surface area contributed by atoms with E-state index in [1.54, 1.807) is 20.8 Å². The zero-order valence-corrected chi connectivity index (χ0v) is 20.3. The minimum absolute atomic E-state index is 0.0981. The first-order valence-corrected chi connectivity index (χ1v) is 12.0. The lowest BCUT2D eigenvalue weighted by molar-refractivity contribution is -0.141. The summed E-state index contributed by atoms with van der Waals surface area (Å²) in [7, 11) is 0. The van der Waals surface area contributed by atoms with E-state index in [4.69, 9.17) is 9.47 Å². The van der Waals surface area contributed by atoms with Crippen LogP contribution in [0.25, 0.3) is 11.1 Å². The Morgan fingerprint density at radius 3 is 2.23 bits per heavy atom. The van der Waals surface area contributed by atoms with Gasteiger partial charge in [-0.15, -0.1) is 0 Å². The van der Waals surface area contributed by atoms with Crippen LogP contribution in [-0.4, -0.2) is 59.5 Å². The van der Waals surface area contributed by atoms with Gasteiger partial charge in [0.05, 0.1) is 0 Å². The number of carbonyl (C=O) groups excluding carboxylic acids is 2. The number of piperidine rings is 1. The van der Waals surface area contributed by atoms with Crippen molar-refractivity contribution in [1.29, 1.82) is 0 Å². The highest BCUT2D eigenvalue weighted by atomic mass is 16.6. The Labute approximate surface area is 205 Å². The van der Waals surface area contributed by atoms with Crippen molar-refractivity contribution in [3.05, 3.63) is 59.7 Å². The number of benzene rings is 2. The van der Waals surface area contributed by atoms with E-state index in [9.17, 15) is 19.5 Å². The molecule has 186 valence electrons. The van der Waals surface area contributed by atoms with Crippen molar-refractivity contribution in [2.24, 2.45) is 5.92 Å². The molecule has 1 fully saturated rings. The molecule has 1 aliphatic heterocycles. The first-order chi connectivity index (χ1) is 16.6. The van der Waals surface area contributed by atoms with E-state index >= 15 is 0 Å². The van der Waals surface area contributed by atoms with Crippen LogP contribution in [0.15, 0.2) is 48.5 Å². The number of carbonyl (C=O) groups is 3. The molecule has 0 saturated carbocycles. The van der Waals surface area contributed by atoms with Crippen LogP contribution in [0.4, 0.5) is 9.59 Å². The number of aliphatic carboxylic acids is 1. The molecule has 1 aliphatic carbocycles. The van der Waals surface area contributed by atoms with Crippen molar-refractivity contribution in [1.82, 2.24) is 10.2 Å². The molecule has 0 bridgehead atoms. The number of nitrogens with zero attached hydrogens (tertiary/aromatic N) is 1. The number of amides is 2. The number of likely N-dealkylation sites (tertiary alicyclic amines) is 1. The predicted octanol–water partition coefficient (Wildman–Crippen LogP) is 4.63. The van der Waals surface area contributed by atoms with Gasteiger partial charge in [0.2, 0.25) is 0 Å². The first-order valence-electron chi connectivity index (χ1n) is 12.0. The largest absolute Gasteiger partial charge is 0.480 e. The number of rotatable bonds is 5. The van der Waals surface area contributed by atoms with Crippen LogP contribution < -0.4 is 5.32 Å². The second kappa shape index (κ2) is 9.98. The van der Waals surface area contributed by atoms with Crippen molar-refractivity contribution in [3.8, 4) is 11.1 Å². The summed E-state index contributed by atoms with van der Waals surface area (Å²) < 4.78 is 11.0. The minimum atomic E-state index is -1.17. The molecule has 2 aromatic rings. The molecular weight excluding hydrogens is 448 g/mol. The zero-order valence-electron chi connectivity index (χ0n) is 20.3. The van der Waals surface area contributed by atoms with Crippen LogP contribution in [0, 0.1) is 5.92 Å². The van der Waals surface area contributed by atoms with E-state index < -0.39 is 35.7 Å². The lowest BCUT2D eigenvalue weighted by atomic mass is 9.91. The second-order valence-electron chi connectivity index (χ2n) is 10.1. The predicted molar refractivity (Wildman–Crippen MR) is 130 cm³/mol. The zero-order chi connectivity index (χ0) is 25.2. The molecule has 8 heteroatoms. The maximum Gasteiger partial charge on any atom is 0.410 e. The van der Waals surface area contributed by atoms with Gasteiger partial charge in [0.1, 0.15) is 18.2 Å². The van der Waals surface area contributed by atoms with E-state index in [0.29, 0.717) is 19.4 Å². The number of ether oxygens (including phenoxy) is 2. The Morgan fingerprint density at radius 2 is 1.66 bits per heavy atom. The van der Waals surface area contributed by atoms with Gasteiger partial charge in [-0.3, -0.25) is 0 Å². The molecule has 1 heterocycles. The third-order valence-corrected chi connectivity index (χ3v) is 6.46. The van der Waals surface area contributed by atoms with Gasteiger partial charge in [-0.1, -0.05) is 48.5 Å². The lowest BCUT2D eigenvalue weighted by Crippen LogP contribution is -2.53. The van der Waals surface area contributed by atoms with E-state index in [-0.39, 0.29) is 19.1 Å². The van der Waals surface area contributed by atoms with Crippen molar-refractivity contribution >= 4 is 18.2 Å². The van der Waals surface area contributed by atoms with Crippen molar-refractivity contribution in [2.75, 3.05) is 19.7 Å². The van der Waals surface area contributed by atoms with Crippen molar-refractivity contribution in [3.63, 3.8) is 0 Å². The monoisotopic (exact) mass is 480 g/mol. The summed E-state index contributed by atoms with van der Waals surface area (Å²) in [5.74, 6) is -1.72. The molecule has 2 unspecified atom stereocenters. The average Bonchev–Trinajstić information content (AvgIpc) is 3.14. The lowest BCUT2D eigenvalue weighted by Gasteiger charge is -2.36. The highest BCUT2D eigenvalue weighted by Gasteiger charge is 2.37. The third kappa shape index (κ3) is 5.58. The van der Waals surface area contributed by atoms with Crippen LogP contribution in [0.2, 0.25) is 0 Å². The van der Waals surface area contributed by atoms with E-state index in [2.05, 4.69) is 5.32 Å². The number of alkyl carbamates (subject to hydrolysis) is 1. The normalized spacial score (nSPS) is 18.3. The fourth-order valence-corrected chi connectivity index (χ4v) is 4.92. The van der Waals surface area contributed by atoms with Crippen LogP contribution in [-0.2, 0) is 14.3 Å². The molecule has 2 amide bonds. The minimum Gasteiger partial charge on any atom is -0.480 e. The van der Waals surface area contributed by atoms with Crippen LogP contribution in [0.1, 0.15) is 50.7 Å². The molecule has 0 radical (unpaired) electrons. The van der Waals surface area contributed by atoms with E-state index in [1.165, 1.54) is 4.90 Å². The average molecular weight is 481 g/mol. The molecule has 0 aromatic heterocycles. The standard InChI is InChI=1S/C27H32N2O6/c1-27(2,3)35-26(33)29-14-8-9-17(15-29)23(24(30)31)28-25(32)34-16-22-20-12-6-4-10-18(20)19-11-5-7-13-21(19)22/h4-7,10-13,17,22-23H,8-9,14-16H2,1-3H3,(H,28,32)(H,30,31). The number of nitrogens with one attached hydrogen (secondary N) is 1. The third-order valence-electron chi connectivity index (χ3n) is 6.46. The number of hydrogen-bond donors (Lipinski definition) is 2. The van der Waals surface area contributed by atoms with Gasteiger partial charge in [0.15, 0.2) is 0 Å². The Hall–Kier alpha value is -3.55. The number of fused-ring (bicyclic) bond motifs is 3. The molecule has 2 N–H and O–H groups in total. The van der Waals surface area contributed by atoms with Crippen LogP contribution in [0.3, 0.4) is 0 Å². The van der Waals surface area contributed by atoms with E-state index in [1.807, 2.05) is 48.5 Å². The molecule has 1 saturated heterocycles. The van der Waals surface area contributed by atoms with Crippen molar-refractivity contribution in [2.45, 2.75) is 51.2 Å². The van der Waals surface area contributed by atoms with Crippen LogP contribution in [0.5, 0.6) is 0 Å². The summed E-state index contributed by atoms with van der Waals surface area (Å²) >= 11 is 0. The Kier molecular flexibility index (Phi) is 7.00. The van der Waals surface area contributed by atoms with Gasteiger partial charge in [-0.25, -0.2) is 14.4 Å². The van der Waals surface area contributed by atoms with Gasteiger partial charge >= 0.3 is 18.2 Å². The number of carboxylic acid groups (broad SMARTS) is 1. The van der Waals surface area contributed by atoms with E-state index in [0.717, 1.165) is 22.3 Å². The quantitative estimate of drug-likeness (QED) is 0.647. The molecule has 2 aliphatic rings. The molecule has 0 spiro atoms. The van der Waals surface area contributed by atoms with Gasteiger partial charge in [-0.05, 0) is 55.9 Å². The molecule has 35 heavy (non-hydrogen) atoms. The molecule has 8 nitrogen and oxygen atoms in total. The topological polar surface area (TPSA) is 105 Å². The molecule has 2 atom stereocenters. The summed E-state index contributed by atoms with van der Waals surface area (Å²) in [6, 6.07) is 14.8. The molecular formula is C27H32N2O6. The fourth-order valence-electron chi connectivity index (χ4n) is 4.92. The summed E-state index contributed by atoms with van der Waals surface area (Å²) in [6.07, 6.45) is -0.0684. The summed E-state index contributed by atoms with van der Waals surface area (Å²) in [5, 5.41) is 12.3. The van der Waals surface area contributed by atoms with Crippen LogP contribution >= 0.6 is 0 Å². The Morgan fingerprint density at radius 1 is 1.06 bits per heavy atom. The second-order valence-corrected chi connectivity index (χ2v) is 10.1. The highest BCUT2D eigenvalue weighted by Crippen LogP contribution is 2.44.